The van der Waals surface area contributed by atoms with Crippen LogP contribution in [0.1, 0.15) is 13.8 Å². The van der Waals surface area contributed by atoms with Crippen molar-refractivity contribution in [3.63, 3.8) is 0 Å². The van der Waals surface area contributed by atoms with Crippen LogP contribution < -0.4 is 0 Å². The van der Waals surface area contributed by atoms with E-state index < -0.39 is 4.75 Å². The maximum Gasteiger partial charge on any atom is 0.135 e. The van der Waals surface area contributed by atoms with Crippen LogP contribution in [-0.2, 0) is 4.79 Å². The molecule has 9 heavy (non-hydrogen) atoms. The first kappa shape index (κ1) is 8.51. The molecule has 50 valence electrons. The van der Waals surface area contributed by atoms with Gasteiger partial charge in [-0.15, -0.1) is 11.8 Å². The molecule has 0 N–H and O–H groups in total. The minimum Gasteiger partial charge on any atom is -0.302 e. The predicted molar refractivity (Wildman–Crippen MR) is 38.2 cm³/mol. The normalized spacial score (nSPS) is 10.3. The van der Waals surface area contributed by atoms with Crippen molar-refractivity contribution in [2.45, 2.75) is 18.6 Å². The summed E-state index contributed by atoms with van der Waals surface area (Å²) in [6.45, 7) is 3.59. The number of rotatable bonds is 3. The highest BCUT2D eigenvalue weighted by molar-refractivity contribution is 8.01. The van der Waals surface area contributed by atoms with Gasteiger partial charge < -0.3 is 4.79 Å². The minimum absolute atomic E-state index is 0.381. The van der Waals surface area contributed by atoms with Gasteiger partial charge in [-0.05, 0) is 13.8 Å². The largest absolute Gasteiger partial charge is 0.302 e. The highest BCUT2D eigenvalue weighted by Crippen LogP contribution is 2.20. The molecule has 0 fully saturated rings. The van der Waals surface area contributed by atoms with Gasteiger partial charge in [-0.2, -0.15) is 5.26 Å². The molecule has 0 spiro atoms. The van der Waals surface area contributed by atoms with Gasteiger partial charge in [0.25, 0.3) is 0 Å². The van der Waals surface area contributed by atoms with Crippen molar-refractivity contribution in [3.8, 4) is 6.07 Å². The van der Waals surface area contributed by atoms with Crippen LogP contribution in [0.3, 0.4) is 0 Å². The zero-order valence-electron chi connectivity index (χ0n) is 5.55. The van der Waals surface area contributed by atoms with Gasteiger partial charge >= 0.3 is 0 Å². The molecule has 0 aromatic heterocycles. The molecule has 0 aromatic carbocycles. The molecule has 0 aromatic rings. The van der Waals surface area contributed by atoms with Gasteiger partial charge in [0.2, 0.25) is 0 Å². The Balaban J connectivity index is 3.61. The van der Waals surface area contributed by atoms with Crippen molar-refractivity contribution in [1.82, 2.24) is 0 Å². The predicted octanol–water partition coefficient (Wildman–Crippen LogP) is 1.22. The van der Waals surface area contributed by atoms with Gasteiger partial charge in [-0.3, -0.25) is 0 Å². The number of hydrogen-bond acceptors (Lipinski definition) is 3. The van der Waals surface area contributed by atoms with E-state index in [0.29, 0.717) is 5.75 Å². The van der Waals surface area contributed by atoms with Crippen LogP contribution in [-0.4, -0.2) is 16.8 Å². The van der Waals surface area contributed by atoms with Gasteiger partial charge in [0.1, 0.15) is 6.29 Å². The van der Waals surface area contributed by atoms with Crippen LogP contribution in [0.2, 0.25) is 0 Å². The highest BCUT2D eigenvalue weighted by Gasteiger charge is 2.15. The van der Waals surface area contributed by atoms with Crippen LogP contribution in [0.15, 0.2) is 0 Å². The molecular formula is C6H9NOS. The summed E-state index contributed by atoms with van der Waals surface area (Å²) in [6.07, 6.45) is 0.856. The molecule has 0 amide bonds. The lowest BCUT2D eigenvalue weighted by atomic mass is 10.2. The third-order valence-electron chi connectivity index (χ3n) is 0.793. The molecule has 0 radical (unpaired) electrons. The van der Waals surface area contributed by atoms with E-state index >= 15 is 0 Å². The molecule has 0 atom stereocenters. The second kappa shape index (κ2) is 3.52. The fourth-order valence-electron chi connectivity index (χ4n) is 0.252. The lowest BCUT2D eigenvalue weighted by Gasteiger charge is -2.12. The Morgan fingerprint density at radius 3 is 2.67 bits per heavy atom. The second-order valence-electron chi connectivity index (χ2n) is 2.17. The number of nitrogens with zero attached hydrogens (tertiary/aromatic N) is 1. The lowest BCUT2D eigenvalue weighted by molar-refractivity contribution is -0.109. The van der Waals surface area contributed by atoms with Crippen LogP contribution in [0.4, 0.5) is 0 Å². The molecule has 0 aliphatic rings. The van der Waals surface area contributed by atoms with Gasteiger partial charge in [0.15, 0.2) is 0 Å². The molecule has 0 unspecified atom stereocenters. The maximum absolute atomic E-state index is 10.2. The Bertz CT molecular complexity index is 136. The number of nitriles is 1. The van der Waals surface area contributed by atoms with E-state index in [0.717, 1.165) is 6.29 Å². The number of thioether (sulfide) groups is 1. The lowest BCUT2D eigenvalue weighted by Crippen LogP contribution is -2.16. The number of carbonyl (C=O) groups excluding carboxylic acids is 1. The Morgan fingerprint density at radius 1 is 1.78 bits per heavy atom. The molecule has 3 heteroatoms. The van der Waals surface area contributed by atoms with E-state index in [2.05, 4.69) is 0 Å². The summed E-state index contributed by atoms with van der Waals surface area (Å²) in [5.74, 6) is 0.381. The van der Waals surface area contributed by atoms with E-state index in [9.17, 15) is 4.79 Å². The summed E-state index contributed by atoms with van der Waals surface area (Å²) in [5, 5.41) is 8.14. The van der Waals surface area contributed by atoms with Crippen molar-refractivity contribution in [2.75, 3.05) is 5.75 Å². The van der Waals surface area contributed by atoms with E-state index in [-0.39, 0.29) is 0 Å². The van der Waals surface area contributed by atoms with Crippen LogP contribution in [0, 0.1) is 11.3 Å². The van der Waals surface area contributed by atoms with Crippen molar-refractivity contribution in [3.05, 3.63) is 0 Å². The summed E-state index contributed by atoms with van der Waals surface area (Å²) in [5.41, 5.74) is 0. The quantitative estimate of drug-likeness (QED) is 0.558. The smallest absolute Gasteiger partial charge is 0.135 e. The second-order valence-corrected chi connectivity index (χ2v) is 3.80. The van der Waals surface area contributed by atoms with Crippen molar-refractivity contribution in [2.24, 2.45) is 0 Å². The summed E-state index contributed by atoms with van der Waals surface area (Å²) in [4.78, 5) is 10.2. The average molecular weight is 143 g/mol. The zero-order chi connectivity index (χ0) is 7.33. The summed E-state index contributed by atoms with van der Waals surface area (Å²) in [6, 6.07) is 1.96. The molecule has 0 saturated carbocycles. The molecule has 0 aliphatic heterocycles. The fourth-order valence-corrected chi connectivity index (χ4v) is 0.757. The fraction of sp³-hybridized carbons (Fsp3) is 0.667. The number of aldehydes is 1. The van der Waals surface area contributed by atoms with E-state index in [1.54, 1.807) is 13.8 Å². The van der Waals surface area contributed by atoms with Crippen LogP contribution >= 0.6 is 11.8 Å². The zero-order valence-corrected chi connectivity index (χ0v) is 6.36. The Labute approximate surface area is 59.2 Å². The third-order valence-corrected chi connectivity index (χ3v) is 1.91. The molecule has 0 saturated heterocycles. The first-order chi connectivity index (χ1) is 4.12. The first-order valence-electron chi connectivity index (χ1n) is 2.59. The van der Waals surface area contributed by atoms with Gasteiger partial charge in [-0.1, -0.05) is 0 Å². The Hall–Kier alpha value is -0.490. The average Bonchev–Trinajstić information content (AvgIpc) is 1.84. The molecular weight excluding hydrogens is 134 g/mol. The molecule has 2 nitrogen and oxygen atoms in total. The van der Waals surface area contributed by atoms with Crippen molar-refractivity contribution in [1.29, 1.82) is 5.26 Å². The van der Waals surface area contributed by atoms with Crippen molar-refractivity contribution < 1.29 is 4.79 Å². The van der Waals surface area contributed by atoms with E-state index in [4.69, 9.17) is 5.26 Å². The monoisotopic (exact) mass is 143 g/mol. The molecule has 0 aliphatic carbocycles. The minimum atomic E-state index is -0.393. The number of carbonyl (C=O) groups is 1. The van der Waals surface area contributed by atoms with Crippen molar-refractivity contribution >= 4 is 18.0 Å². The number of hydrogen-bond donors (Lipinski definition) is 0. The maximum atomic E-state index is 10.2. The SMILES string of the molecule is CC(C)(C=O)SCC#N. The summed E-state index contributed by atoms with van der Waals surface area (Å²) in [7, 11) is 0. The highest BCUT2D eigenvalue weighted by atomic mass is 32.2. The third kappa shape index (κ3) is 4.04. The Morgan fingerprint density at radius 2 is 2.33 bits per heavy atom. The first-order valence-corrected chi connectivity index (χ1v) is 3.58. The molecule has 0 rings (SSSR count). The van der Waals surface area contributed by atoms with Crippen LogP contribution in [0.5, 0.6) is 0 Å². The van der Waals surface area contributed by atoms with Gasteiger partial charge in [0, 0.05) is 0 Å². The van der Waals surface area contributed by atoms with Crippen LogP contribution in [0.25, 0.3) is 0 Å². The molecule has 0 heterocycles. The van der Waals surface area contributed by atoms with E-state index in [1.807, 2.05) is 6.07 Å². The summed E-state index contributed by atoms with van der Waals surface area (Å²) < 4.78 is -0.393. The summed E-state index contributed by atoms with van der Waals surface area (Å²) >= 11 is 1.35. The molecule has 0 bridgehead atoms. The standard InChI is InChI=1S/C6H9NOS/c1-6(2,5-8)9-4-3-7/h5H,4H2,1-2H3. The van der Waals surface area contributed by atoms with E-state index in [1.165, 1.54) is 11.8 Å². The van der Waals surface area contributed by atoms with Gasteiger partial charge in [-0.25, -0.2) is 0 Å². The van der Waals surface area contributed by atoms with Gasteiger partial charge in [0.05, 0.1) is 16.6 Å². The topological polar surface area (TPSA) is 40.9 Å². The Kier molecular flexibility index (Phi) is 3.33.